The van der Waals surface area contributed by atoms with Crippen molar-refractivity contribution < 1.29 is 0 Å². The molecule has 3 aliphatic rings. The van der Waals surface area contributed by atoms with Crippen molar-refractivity contribution in [1.29, 1.82) is 0 Å². The molecule has 1 heteroatoms. The van der Waals surface area contributed by atoms with Crippen LogP contribution < -0.4 is 4.90 Å². The average Bonchev–Trinajstić information content (AvgIpc) is 4.02. The summed E-state index contributed by atoms with van der Waals surface area (Å²) < 4.78 is 0. The van der Waals surface area contributed by atoms with E-state index < -0.39 is 5.41 Å². The van der Waals surface area contributed by atoms with Gasteiger partial charge in [0.1, 0.15) is 0 Å². The van der Waals surface area contributed by atoms with Crippen molar-refractivity contribution >= 4 is 17.1 Å². The molecule has 3 aliphatic carbocycles. The summed E-state index contributed by atoms with van der Waals surface area (Å²) in [4.78, 5) is 2.53. The van der Waals surface area contributed by atoms with Gasteiger partial charge < -0.3 is 4.90 Å². The number of hydrogen-bond acceptors (Lipinski definition) is 1. The zero-order chi connectivity index (χ0) is 48.0. The highest BCUT2D eigenvalue weighted by molar-refractivity contribution is 5.98. The van der Waals surface area contributed by atoms with Gasteiger partial charge in [0, 0.05) is 27.8 Å². The molecule has 0 amide bonds. The Kier molecular flexibility index (Phi) is 9.44. The van der Waals surface area contributed by atoms with Crippen molar-refractivity contribution in [1.82, 2.24) is 0 Å². The fraction of sp³-hybridized carbons (Fsp3) is 0.0704. The fourth-order valence-electron chi connectivity index (χ4n) is 13.3. The van der Waals surface area contributed by atoms with E-state index in [2.05, 4.69) is 292 Å². The molecule has 14 rings (SSSR count). The minimum Gasteiger partial charge on any atom is -0.310 e. The van der Waals surface area contributed by atoms with Gasteiger partial charge in [0.2, 0.25) is 0 Å². The molecular weight excluding hydrogens is 867 g/mol. The Bertz CT molecular complexity index is 3840. The monoisotopic (exact) mass is 917 g/mol. The molecule has 0 aliphatic heterocycles. The second-order valence-electron chi connectivity index (χ2n) is 20.2. The number of hydrogen-bond donors (Lipinski definition) is 0. The lowest BCUT2D eigenvalue weighted by atomic mass is 9.68. The molecule has 72 heavy (non-hydrogen) atoms. The third-order valence-corrected chi connectivity index (χ3v) is 16.7. The van der Waals surface area contributed by atoms with E-state index in [1.807, 2.05) is 0 Å². The Balaban J connectivity index is 0.983. The number of fused-ring (bicyclic) bond motifs is 9. The van der Waals surface area contributed by atoms with E-state index in [4.69, 9.17) is 0 Å². The largest absolute Gasteiger partial charge is 0.310 e. The minimum atomic E-state index is -0.535. The Hall–Kier alpha value is -8.78. The van der Waals surface area contributed by atoms with Gasteiger partial charge in [-0.3, -0.25) is 0 Å². The van der Waals surface area contributed by atoms with E-state index in [-0.39, 0.29) is 10.8 Å². The summed E-state index contributed by atoms with van der Waals surface area (Å²) >= 11 is 0. The molecule has 0 spiro atoms. The zero-order valence-corrected chi connectivity index (χ0v) is 40.4. The van der Waals surface area contributed by atoms with Crippen LogP contribution in [0.5, 0.6) is 0 Å². The SMILES string of the molecule is CC1(c2ccccc2)c2ccccc2-c2ccc(-c3ccc(N(c4ccc5c(c4)C(C)(c4ccccc4)c4ccccc4-5)c4cccc5c4-c4ccccc4C5(c4ccccc4)c4ccccc4)cc3)cc21. The van der Waals surface area contributed by atoms with Gasteiger partial charge in [0.15, 0.2) is 0 Å². The van der Waals surface area contributed by atoms with Gasteiger partial charge in [0.25, 0.3) is 0 Å². The van der Waals surface area contributed by atoms with Crippen LogP contribution in [-0.4, -0.2) is 0 Å². The van der Waals surface area contributed by atoms with Crippen LogP contribution in [0, 0.1) is 0 Å². The molecule has 11 aromatic rings. The van der Waals surface area contributed by atoms with E-state index in [0.29, 0.717) is 0 Å². The Morgan fingerprint density at radius 3 is 1.22 bits per heavy atom. The maximum absolute atomic E-state index is 2.53. The Morgan fingerprint density at radius 2 is 0.667 bits per heavy atom. The molecule has 0 radical (unpaired) electrons. The zero-order valence-electron chi connectivity index (χ0n) is 40.4. The first kappa shape index (κ1) is 42.1. The van der Waals surface area contributed by atoms with Crippen molar-refractivity contribution in [2.45, 2.75) is 30.1 Å². The first-order valence-corrected chi connectivity index (χ1v) is 25.3. The summed E-state index contributed by atoms with van der Waals surface area (Å²) in [5, 5.41) is 0. The van der Waals surface area contributed by atoms with Gasteiger partial charge in [-0.2, -0.15) is 0 Å². The molecule has 1 nitrogen and oxygen atoms in total. The molecule has 0 N–H and O–H groups in total. The predicted molar refractivity (Wildman–Crippen MR) is 299 cm³/mol. The Labute approximate surface area is 423 Å². The summed E-state index contributed by atoms with van der Waals surface area (Å²) in [6, 6.07) is 102. The number of rotatable bonds is 8. The summed E-state index contributed by atoms with van der Waals surface area (Å²) in [6.45, 7) is 4.81. The van der Waals surface area contributed by atoms with Crippen molar-refractivity contribution in [2.24, 2.45) is 0 Å². The van der Waals surface area contributed by atoms with Gasteiger partial charge in [-0.15, -0.1) is 0 Å². The lowest BCUT2D eigenvalue weighted by Gasteiger charge is -2.34. The third-order valence-electron chi connectivity index (χ3n) is 16.7. The van der Waals surface area contributed by atoms with Crippen LogP contribution in [0.25, 0.3) is 44.5 Å². The standard InChI is InChI=1S/C71H51N/c1-69(50-22-7-3-8-23-50)61-33-18-15-30-56(61)58-44-40-49(46-65(58)69)48-38-41-54(42-39-48)72(55-43-45-59-57-31-16-19-34-62(57)70(2,66(59)47-55)51-24-9-4-10-25-51)67-37-21-36-64-68(67)60-32-17-20-35-63(60)71(64,52-26-11-5-12-27-52)53-28-13-6-14-29-53/h3-47H,1-2H3. The van der Waals surface area contributed by atoms with E-state index in [9.17, 15) is 0 Å². The second kappa shape index (κ2) is 16.1. The van der Waals surface area contributed by atoms with Crippen LogP contribution in [0.1, 0.15) is 69.5 Å². The highest BCUT2D eigenvalue weighted by Crippen LogP contribution is 2.61. The molecule has 0 heterocycles. The van der Waals surface area contributed by atoms with E-state index >= 15 is 0 Å². The highest BCUT2D eigenvalue weighted by Gasteiger charge is 2.48. The van der Waals surface area contributed by atoms with Crippen LogP contribution in [0.3, 0.4) is 0 Å². The van der Waals surface area contributed by atoms with Crippen LogP contribution >= 0.6 is 0 Å². The quantitative estimate of drug-likeness (QED) is 0.147. The molecule has 0 saturated carbocycles. The molecule has 0 fully saturated rings. The average molecular weight is 918 g/mol. The summed E-state index contributed by atoms with van der Waals surface area (Å²) in [5.74, 6) is 0. The van der Waals surface area contributed by atoms with Crippen LogP contribution in [0.4, 0.5) is 17.1 Å². The number of benzene rings is 11. The summed E-state index contributed by atoms with van der Waals surface area (Å²) in [7, 11) is 0. The van der Waals surface area contributed by atoms with Gasteiger partial charge in [0.05, 0.1) is 11.1 Å². The third kappa shape index (κ3) is 5.89. The lowest BCUT2D eigenvalue weighted by molar-refractivity contribution is 0.714. The van der Waals surface area contributed by atoms with Gasteiger partial charge in [-0.05, 0) is 145 Å². The van der Waals surface area contributed by atoms with E-state index in [1.54, 1.807) is 0 Å². The van der Waals surface area contributed by atoms with Crippen molar-refractivity contribution in [3.8, 4) is 44.5 Å². The van der Waals surface area contributed by atoms with E-state index in [1.165, 1.54) is 100 Å². The number of nitrogens with zero attached hydrogens (tertiary/aromatic N) is 1. The molecule has 0 aromatic heterocycles. The van der Waals surface area contributed by atoms with Crippen molar-refractivity contribution in [3.63, 3.8) is 0 Å². The van der Waals surface area contributed by atoms with Gasteiger partial charge in [-0.25, -0.2) is 0 Å². The number of anilines is 3. The Morgan fingerprint density at radius 1 is 0.264 bits per heavy atom. The molecular formula is C71H51N. The van der Waals surface area contributed by atoms with Crippen LogP contribution in [0.15, 0.2) is 273 Å². The fourth-order valence-corrected chi connectivity index (χ4v) is 13.3. The van der Waals surface area contributed by atoms with Crippen LogP contribution in [-0.2, 0) is 16.2 Å². The van der Waals surface area contributed by atoms with Crippen LogP contribution in [0.2, 0.25) is 0 Å². The molecule has 11 aromatic carbocycles. The molecule has 2 atom stereocenters. The first-order chi connectivity index (χ1) is 35.5. The van der Waals surface area contributed by atoms with Gasteiger partial charge in [-0.1, -0.05) is 237 Å². The first-order valence-electron chi connectivity index (χ1n) is 25.3. The minimum absolute atomic E-state index is 0.278. The maximum atomic E-state index is 2.53. The molecule has 340 valence electrons. The van der Waals surface area contributed by atoms with Crippen molar-refractivity contribution in [2.75, 3.05) is 4.90 Å². The summed E-state index contributed by atoms with van der Waals surface area (Å²) in [6.07, 6.45) is 0. The molecule has 0 saturated heterocycles. The highest BCUT2D eigenvalue weighted by atomic mass is 15.1. The molecule has 0 bridgehead atoms. The van der Waals surface area contributed by atoms with E-state index in [0.717, 1.165) is 17.1 Å². The maximum Gasteiger partial charge on any atom is 0.0714 e. The smallest absolute Gasteiger partial charge is 0.0714 e. The summed E-state index contributed by atoms with van der Waals surface area (Å²) in [5.41, 5.74) is 25.3. The second-order valence-corrected chi connectivity index (χ2v) is 20.2. The van der Waals surface area contributed by atoms with Gasteiger partial charge >= 0.3 is 0 Å². The topological polar surface area (TPSA) is 3.24 Å². The normalized spacial score (nSPS) is 17.2. The van der Waals surface area contributed by atoms with Crippen molar-refractivity contribution in [3.05, 3.63) is 329 Å². The predicted octanol–water partition coefficient (Wildman–Crippen LogP) is 17.9. The molecule has 2 unspecified atom stereocenters. The lowest BCUT2D eigenvalue weighted by Crippen LogP contribution is -2.28.